The van der Waals surface area contributed by atoms with Crippen LogP contribution in [0.15, 0.2) is 23.4 Å². The number of rotatable bonds is 6. The van der Waals surface area contributed by atoms with Crippen LogP contribution in [0.1, 0.15) is 31.2 Å². The van der Waals surface area contributed by atoms with Gasteiger partial charge in [-0.25, -0.2) is 0 Å². The van der Waals surface area contributed by atoms with Gasteiger partial charge in [-0.05, 0) is 43.9 Å². The number of oxime groups is 1. The molecule has 110 valence electrons. The van der Waals surface area contributed by atoms with Crippen molar-refractivity contribution in [2.45, 2.75) is 31.7 Å². The van der Waals surface area contributed by atoms with Gasteiger partial charge in [0.25, 0.3) is 0 Å². The Morgan fingerprint density at radius 1 is 1.45 bits per heavy atom. The van der Waals surface area contributed by atoms with Gasteiger partial charge in [0.05, 0.1) is 0 Å². The molecule has 0 atom stereocenters. The standard InChI is InChI=1S/C14H20ClN3O2/c15-10-5-6-13(12(9-10)14(16)17-20)18(7-2-8-19)11-3-1-4-11/h5-6,9,11,19-20H,1-4,7-8H2,(H2,16,17). The van der Waals surface area contributed by atoms with Crippen molar-refractivity contribution in [2.75, 3.05) is 18.1 Å². The van der Waals surface area contributed by atoms with E-state index in [1.807, 2.05) is 6.07 Å². The fraction of sp³-hybridized carbons (Fsp3) is 0.500. The Morgan fingerprint density at radius 3 is 2.75 bits per heavy atom. The molecule has 1 fully saturated rings. The second-order valence-corrected chi connectivity index (χ2v) is 5.44. The zero-order valence-corrected chi connectivity index (χ0v) is 12.1. The van der Waals surface area contributed by atoms with Crippen molar-refractivity contribution >= 4 is 23.1 Å². The second-order valence-electron chi connectivity index (χ2n) is 5.00. The van der Waals surface area contributed by atoms with E-state index in [0.717, 1.165) is 25.1 Å². The van der Waals surface area contributed by atoms with Crippen LogP contribution in [0.2, 0.25) is 5.02 Å². The van der Waals surface area contributed by atoms with Crippen molar-refractivity contribution in [3.63, 3.8) is 0 Å². The quantitative estimate of drug-likeness (QED) is 0.325. The molecule has 1 saturated carbocycles. The van der Waals surface area contributed by atoms with Crippen LogP contribution in [0, 0.1) is 0 Å². The molecule has 0 radical (unpaired) electrons. The van der Waals surface area contributed by atoms with Gasteiger partial charge < -0.3 is 20.9 Å². The number of aliphatic hydroxyl groups excluding tert-OH is 1. The van der Waals surface area contributed by atoms with Crippen molar-refractivity contribution in [1.29, 1.82) is 0 Å². The minimum atomic E-state index is 0.0517. The fourth-order valence-electron chi connectivity index (χ4n) is 2.46. The number of amidine groups is 1. The first-order chi connectivity index (χ1) is 9.67. The first kappa shape index (κ1) is 14.9. The van der Waals surface area contributed by atoms with E-state index in [-0.39, 0.29) is 12.4 Å². The van der Waals surface area contributed by atoms with Gasteiger partial charge in [0.1, 0.15) is 0 Å². The molecular weight excluding hydrogens is 278 g/mol. The Bertz CT molecular complexity index is 489. The zero-order chi connectivity index (χ0) is 14.5. The summed E-state index contributed by atoms with van der Waals surface area (Å²) in [5.41, 5.74) is 7.29. The van der Waals surface area contributed by atoms with Crippen LogP contribution in [0.4, 0.5) is 5.69 Å². The predicted molar refractivity (Wildman–Crippen MR) is 80.7 cm³/mol. The monoisotopic (exact) mass is 297 g/mol. The minimum absolute atomic E-state index is 0.0517. The number of aliphatic hydroxyl groups is 1. The number of hydrogen-bond acceptors (Lipinski definition) is 4. The summed E-state index contributed by atoms with van der Waals surface area (Å²) in [6.45, 7) is 0.893. The van der Waals surface area contributed by atoms with E-state index in [1.165, 1.54) is 6.42 Å². The minimum Gasteiger partial charge on any atom is -0.409 e. The smallest absolute Gasteiger partial charge is 0.172 e. The lowest BCUT2D eigenvalue weighted by molar-refractivity contribution is 0.283. The molecule has 0 aromatic heterocycles. The maximum absolute atomic E-state index is 9.07. The van der Waals surface area contributed by atoms with E-state index in [1.54, 1.807) is 12.1 Å². The molecule has 0 amide bonds. The maximum Gasteiger partial charge on any atom is 0.172 e. The molecule has 4 N–H and O–H groups in total. The highest BCUT2D eigenvalue weighted by Gasteiger charge is 2.27. The van der Waals surface area contributed by atoms with Gasteiger partial charge >= 0.3 is 0 Å². The third-order valence-corrected chi connectivity index (χ3v) is 3.96. The number of nitrogens with two attached hydrogens (primary N) is 1. The van der Waals surface area contributed by atoms with Crippen LogP contribution >= 0.6 is 11.6 Å². The third-order valence-electron chi connectivity index (χ3n) is 3.72. The largest absolute Gasteiger partial charge is 0.409 e. The van der Waals surface area contributed by atoms with Gasteiger partial charge in [0, 0.05) is 35.5 Å². The van der Waals surface area contributed by atoms with Crippen LogP contribution < -0.4 is 10.6 Å². The van der Waals surface area contributed by atoms with Gasteiger partial charge in [0.2, 0.25) is 0 Å². The normalized spacial score (nSPS) is 16.0. The Morgan fingerprint density at radius 2 is 2.20 bits per heavy atom. The van der Waals surface area contributed by atoms with E-state index in [0.29, 0.717) is 23.0 Å². The maximum atomic E-state index is 9.07. The lowest BCUT2D eigenvalue weighted by Gasteiger charge is -2.40. The van der Waals surface area contributed by atoms with E-state index in [4.69, 9.17) is 27.6 Å². The molecule has 5 nitrogen and oxygen atoms in total. The molecule has 2 rings (SSSR count). The number of hydrogen-bond donors (Lipinski definition) is 3. The molecule has 20 heavy (non-hydrogen) atoms. The molecule has 1 aliphatic rings. The molecule has 0 spiro atoms. The van der Waals surface area contributed by atoms with Gasteiger partial charge in [-0.15, -0.1) is 0 Å². The third kappa shape index (κ3) is 3.16. The molecule has 0 saturated heterocycles. The Hall–Kier alpha value is -1.46. The summed E-state index contributed by atoms with van der Waals surface area (Å²) < 4.78 is 0. The highest BCUT2D eigenvalue weighted by atomic mass is 35.5. The van der Waals surface area contributed by atoms with E-state index < -0.39 is 0 Å². The Labute approximate surface area is 123 Å². The second kappa shape index (κ2) is 6.81. The average molecular weight is 298 g/mol. The zero-order valence-electron chi connectivity index (χ0n) is 11.3. The molecule has 0 bridgehead atoms. The fourth-order valence-corrected chi connectivity index (χ4v) is 2.63. The van der Waals surface area contributed by atoms with Gasteiger partial charge in [0.15, 0.2) is 5.84 Å². The molecule has 0 heterocycles. The van der Waals surface area contributed by atoms with E-state index >= 15 is 0 Å². The van der Waals surface area contributed by atoms with Crippen LogP contribution in [0.25, 0.3) is 0 Å². The molecule has 6 heteroatoms. The number of anilines is 1. The van der Waals surface area contributed by atoms with Crippen molar-refractivity contribution in [3.8, 4) is 0 Å². The summed E-state index contributed by atoms with van der Waals surface area (Å²) in [6.07, 6.45) is 4.16. The average Bonchev–Trinajstić information content (AvgIpc) is 2.40. The molecule has 0 aliphatic heterocycles. The van der Waals surface area contributed by atoms with Crippen LogP contribution in [0.3, 0.4) is 0 Å². The summed E-state index contributed by atoms with van der Waals surface area (Å²) in [5, 5.41) is 21.6. The number of halogens is 1. The molecule has 1 aromatic rings. The van der Waals surface area contributed by atoms with Crippen molar-refractivity contribution in [1.82, 2.24) is 0 Å². The summed E-state index contributed by atoms with van der Waals surface area (Å²) >= 11 is 6.00. The van der Waals surface area contributed by atoms with E-state index in [2.05, 4.69) is 10.1 Å². The topological polar surface area (TPSA) is 82.1 Å². The highest BCUT2D eigenvalue weighted by Crippen LogP contribution is 2.33. The summed E-state index contributed by atoms with van der Waals surface area (Å²) in [5.74, 6) is 0.0517. The molecule has 1 aliphatic carbocycles. The SMILES string of the molecule is N/C(=N/O)c1cc(Cl)ccc1N(CCCO)C1CCC1. The molecular formula is C14H20ClN3O2. The van der Waals surface area contributed by atoms with Crippen molar-refractivity contribution in [3.05, 3.63) is 28.8 Å². The van der Waals surface area contributed by atoms with Crippen molar-refractivity contribution < 1.29 is 10.3 Å². The molecule has 0 unspecified atom stereocenters. The van der Waals surface area contributed by atoms with Gasteiger partial charge in [-0.2, -0.15) is 0 Å². The summed E-state index contributed by atoms with van der Waals surface area (Å²) in [7, 11) is 0. The molecule has 1 aromatic carbocycles. The first-order valence-corrected chi connectivity index (χ1v) is 7.20. The predicted octanol–water partition coefficient (Wildman–Crippen LogP) is 2.18. The van der Waals surface area contributed by atoms with Gasteiger partial charge in [-0.1, -0.05) is 16.8 Å². The number of nitrogens with zero attached hydrogens (tertiary/aromatic N) is 2. The van der Waals surface area contributed by atoms with Crippen molar-refractivity contribution in [2.24, 2.45) is 10.9 Å². The summed E-state index contributed by atoms with van der Waals surface area (Å²) in [4.78, 5) is 2.23. The Kier molecular flexibility index (Phi) is 5.09. The number of benzene rings is 1. The van der Waals surface area contributed by atoms with Gasteiger partial charge in [-0.3, -0.25) is 0 Å². The first-order valence-electron chi connectivity index (χ1n) is 6.82. The van der Waals surface area contributed by atoms with E-state index in [9.17, 15) is 0 Å². The lowest BCUT2D eigenvalue weighted by Crippen LogP contribution is -2.42. The Balaban J connectivity index is 2.35. The lowest BCUT2D eigenvalue weighted by atomic mass is 9.90. The van der Waals surface area contributed by atoms with Crippen LogP contribution in [-0.2, 0) is 0 Å². The highest BCUT2D eigenvalue weighted by molar-refractivity contribution is 6.31. The van der Waals surface area contributed by atoms with Crippen LogP contribution in [0.5, 0.6) is 0 Å². The summed E-state index contributed by atoms with van der Waals surface area (Å²) in [6, 6.07) is 5.85. The van der Waals surface area contributed by atoms with Crippen LogP contribution in [-0.4, -0.2) is 35.3 Å².